The van der Waals surface area contributed by atoms with E-state index in [1.807, 2.05) is 7.05 Å². The van der Waals surface area contributed by atoms with Crippen LogP contribution >= 0.6 is 0 Å². The molecule has 0 radical (unpaired) electrons. The molecule has 0 aliphatic heterocycles. The molecule has 1 nitrogen and oxygen atoms in total. The lowest BCUT2D eigenvalue weighted by Crippen LogP contribution is -2.09. The standard InChI is InChI=1S/C13H19N/c1-3-12(10-11-14-2)13-8-6-4-5-7-9-13/h3-8,14H,9-11H2,1-2H3/b12-3-. The van der Waals surface area contributed by atoms with E-state index in [1.165, 1.54) is 11.1 Å². The monoisotopic (exact) mass is 189 g/mol. The first-order valence-corrected chi connectivity index (χ1v) is 5.21. The van der Waals surface area contributed by atoms with Crippen LogP contribution in [0.5, 0.6) is 0 Å². The van der Waals surface area contributed by atoms with Gasteiger partial charge in [-0.05, 0) is 44.5 Å². The van der Waals surface area contributed by atoms with Crippen molar-refractivity contribution >= 4 is 0 Å². The number of hydrogen-bond donors (Lipinski definition) is 1. The predicted octanol–water partition coefficient (Wildman–Crippen LogP) is 2.98. The minimum atomic E-state index is 1.05. The van der Waals surface area contributed by atoms with E-state index in [0.717, 1.165) is 19.4 Å². The number of hydrogen-bond acceptors (Lipinski definition) is 1. The average Bonchev–Trinajstić information content (AvgIpc) is 2.48. The predicted molar refractivity (Wildman–Crippen MR) is 63.3 cm³/mol. The molecule has 0 spiro atoms. The molecule has 1 N–H and O–H groups in total. The van der Waals surface area contributed by atoms with Crippen molar-refractivity contribution < 1.29 is 0 Å². The van der Waals surface area contributed by atoms with Gasteiger partial charge in [0.15, 0.2) is 0 Å². The first-order chi connectivity index (χ1) is 6.88. The molecule has 1 aliphatic carbocycles. The molecule has 0 aromatic heterocycles. The molecule has 0 aromatic carbocycles. The normalized spacial score (nSPS) is 16.7. The lowest BCUT2D eigenvalue weighted by Gasteiger charge is -2.09. The van der Waals surface area contributed by atoms with Gasteiger partial charge in [0, 0.05) is 0 Å². The summed E-state index contributed by atoms with van der Waals surface area (Å²) in [4.78, 5) is 0. The Balaban J connectivity index is 2.65. The van der Waals surface area contributed by atoms with Gasteiger partial charge >= 0.3 is 0 Å². The third-order valence-corrected chi connectivity index (χ3v) is 2.40. The zero-order valence-electron chi connectivity index (χ0n) is 9.09. The van der Waals surface area contributed by atoms with Crippen LogP contribution in [0.2, 0.25) is 0 Å². The highest BCUT2D eigenvalue weighted by molar-refractivity contribution is 5.37. The lowest BCUT2D eigenvalue weighted by molar-refractivity contribution is 0.785. The molecule has 14 heavy (non-hydrogen) atoms. The molecular weight excluding hydrogens is 170 g/mol. The van der Waals surface area contributed by atoms with Gasteiger partial charge in [-0.25, -0.2) is 0 Å². The van der Waals surface area contributed by atoms with Gasteiger partial charge in [0.2, 0.25) is 0 Å². The van der Waals surface area contributed by atoms with Crippen molar-refractivity contribution in [2.75, 3.05) is 13.6 Å². The van der Waals surface area contributed by atoms with Gasteiger partial charge in [-0.1, -0.05) is 36.5 Å². The van der Waals surface area contributed by atoms with Crippen LogP contribution < -0.4 is 5.32 Å². The molecule has 1 heteroatoms. The Kier molecular flexibility index (Phi) is 5.02. The summed E-state index contributed by atoms with van der Waals surface area (Å²) in [5.41, 5.74) is 2.89. The third-order valence-electron chi connectivity index (χ3n) is 2.40. The summed E-state index contributed by atoms with van der Waals surface area (Å²) in [7, 11) is 1.99. The van der Waals surface area contributed by atoms with Gasteiger partial charge in [-0.2, -0.15) is 0 Å². The quantitative estimate of drug-likeness (QED) is 0.717. The molecule has 0 fully saturated rings. The van der Waals surface area contributed by atoms with E-state index in [4.69, 9.17) is 0 Å². The van der Waals surface area contributed by atoms with Crippen LogP contribution in [0.3, 0.4) is 0 Å². The van der Waals surface area contributed by atoms with Crippen molar-refractivity contribution in [3.05, 3.63) is 47.6 Å². The van der Waals surface area contributed by atoms with Crippen LogP contribution in [-0.4, -0.2) is 13.6 Å². The first kappa shape index (κ1) is 11.0. The zero-order valence-corrected chi connectivity index (χ0v) is 9.09. The van der Waals surface area contributed by atoms with E-state index in [2.05, 4.69) is 48.7 Å². The second-order valence-corrected chi connectivity index (χ2v) is 3.38. The number of rotatable bonds is 4. The highest BCUT2D eigenvalue weighted by atomic mass is 14.8. The fourth-order valence-corrected chi connectivity index (χ4v) is 1.57. The van der Waals surface area contributed by atoms with Gasteiger partial charge in [0.1, 0.15) is 0 Å². The smallest absolute Gasteiger partial charge is 0.00114 e. The highest BCUT2D eigenvalue weighted by Gasteiger charge is 2.02. The summed E-state index contributed by atoms with van der Waals surface area (Å²) >= 11 is 0. The summed E-state index contributed by atoms with van der Waals surface area (Å²) in [6.07, 6.45) is 15.1. The van der Waals surface area contributed by atoms with Gasteiger partial charge in [-0.3, -0.25) is 0 Å². The second-order valence-electron chi connectivity index (χ2n) is 3.38. The van der Waals surface area contributed by atoms with Crippen molar-refractivity contribution in [3.8, 4) is 0 Å². The van der Waals surface area contributed by atoms with Crippen molar-refractivity contribution in [2.24, 2.45) is 0 Å². The van der Waals surface area contributed by atoms with Gasteiger partial charge in [0.05, 0.1) is 0 Å². The van der Waals surface area contributed by atoms with Crippen LogP contribution in [0, 0.1) is 0 Å². The second kappa shape index (κ2) is 6.39. The maximum Gasteiger partial charge on any atom is -0.00114 e. The van der Waals surface area contributed by atoms with Gasteiger partial charge in [-0.15, -0.1) is 0 Å². The van der Waals surface area contributed by atoms with Crippen LogP contribution in [0.4, 0.5) is 0 Å². The Morgan fingerprint density at radius 1 is 1.43 bits per heavy atom. The largest absolute Gasteiger partial charge is 0.319 e. The Hall–Kier alpha value is -1.08. The van der Waals surface area contributed by atoms with E-state index in [1.54, 1.807) is 0 Å². The zero-order chi connectivity index (χ0) is 10.2. The van der Waals surface area contributed by atoms with Crippen LogP contribution in [0.15, 0.2) is 47.6 Å². The van der Waals surface area contributed by atoms with Crippen molar-refractivity contribution in [1.82, 2.24) is 5.32 Å². The molecule has 0 saturated heterocycles. The van der Waals surface area contributed by atoms with E-state index in [9.17, 15) is 0 Å². The maximum atomic E-state index is 3.18. The molecule has 0 aromatic rings. The van der Waals surface area contributed by atoms with E-state index >= 15 is 0 Å². The van der Waals surface area contributed by atoms with Crippen molar-refractivity contribution in [1.29, 1.82) is 0 Å². The molecule has 0 atom stereocenters. The van der Waals surface area contributed by atoms with Gasteiger partial charge in [0.25, 0.3) is 0 Å². The summed E-state index contributed by atoms with van der Waals surface area (Å²) in [6, 6.07) is 0. The number of allylic oxidation sites excluding steroid dienone is 7. The molecule has 0 saturated carbocycles. The highest BCUT2D eigenvalue weighted by Crippen LogP contribution is 2.19. The third kappa shape index (κ3) is 3.35. The van der Waals surface area contributed by atoms with Crippen LogP contribution in [-0.2, 0) is 0 Å². The van der Waals surface area contributed by atoms with Crippen LogP contribution in [0.25, 0.3) is 0 Å². The fraction of sp³-hybridized carbons (Fsp3) is 0.385. The Bertz CT molecular complexity index is 280. The van der Waals surface area contributed by atoms with E-state index < -0.39 is 0 Å². The maximum absolute atomic E-state index is 3.18. The minimum absolute atomic E-state index is 1.05. The van der Waals surface area contributed by atoms with Gasteiger partial charge < -0.3 is 5.32 Å². The molecule has 1 rings (SSSR count). The number of nitrogens with one attached hydrogen (secondary N) is 1. The molecule has 0 bridgehead atoms. The minimum Gasteiger partial charge on any atom is -0.319 e. The Morgan fingerprint density at radius 2 is 2.29 bits per heavy atom. The summed E-state index contributed by atoms with van der Waals surface area (Å²) in [5, 5.41) is 3.18. The van der Waals surface area contributed by atoms with E-state index in [-0.39, 0.29) is 0 Å². The molecule has 0 heterocycles. The van der Waals surface area contributed by atoms with Crippen LogP contribution in [0.1, 0.15) is 19.8 Å². The van der Waals surface area contributed by atoms with E-state index in [0.29, 0.717) is 0 Å². The average molecular weight is 189 g/mol. The Labute approximate surface area is 86.9 Å². The fourth-order valence-electron chi connectivity index (χ4n) is 1.57. The molecule has 76 valence electrons. The molecule has 0 unspecified atom stereocenters. The van der Waals surface area contributed by atoms with Crippen molar-refractivity contribution in [3.63, 3.8) is 0 Å². The molecule has 0 amide bonds. The summed E-state index contributed by atoms with van der Waals surface area (Å²) in [5.74, 6) is 0. The summed E-state index contributed by atoms with van der Waals surface area (Å²) < 4.78 is 0. The first-order valence-electron chi connectivity index (χ1n) is 5.21. The van der Waals surface area contributed by atoms with Crippen molar-refractivity contribution in [2.45, 2.75) is 19.8 Å². The molecular formula is C13H19N. The lowest BCUT2D eigenvalue weighted by atomic mass is 9.99. The Morgan fingerprint density at radius 3 is 3.00 bits per heavy atom. The summed E-state index contributed by atoms with van der Waals surface area (Å²) in [6.45, 7) is 3.16. The molecule has 1 aliphatic rings. The SMILES string of the molecule is C/C=C(/CCNC)C1=CC=CC=CC1. The topological polar surface area (TPSA) is 12.0 Å².